The molecule has 1 aromatic heterocycles. The van der Waals surface area contributed by atoms with Gasteiger partial charge in [-0.25, -0.2) is 17.5 Å². The molecular weight excluding hydrogens is 664 g/mol. The Balaban J connectivity index is 1.57. The van der Waals surface area contributed by atoms with Gasteiger partial charge in [-0.2, -0.15) is 13.2 Å². The first-order valence-corrected chi connectivity index (χ1v) is 17.0. The number of carbonyl (C=O) groups is 1. The summed E-state index contributed by atoms with van der Waals surface area (Å²) in [4.78, 5) is 13.0. The van der Waals surface area contributed by atoms with Crippen molar-refractivity contribution in [3.05, 3.63) is 46.6 Å². The first-order valence-electron chi connectivity index (χ1n) is 14.7. The second kappa shape index (κ2) is 16.0. The van der Waals surface area contributed by atoms with Crippen molar-refractivity contribution in [2.24, 2.45) is 0 Å². The van der Waals surface area contributed by atoms with Crippen LogP contribution in [0.5, 0.6) is 5.75 Å². The molecule has 1 fully saturated rings. The van der Waals surface area contributed by atoms with Gasteiger partial charge in [-0.3, -0.25) is 4.79 Å². The van der Waals surface area contributed by atoms with E-state index in [9.17, 15) is 35.9 Å². The Kier molecular flexibility index (Phi) is 12.3. The summed E-state index contributed by atoms with van der Waals surface area (Å²) in [5, 5.41) is 16.0. The number of anilines is 2. The van der Waals surface area contributed by atoms with Crippen LogP contribution in [-0.2, 0) is 26.0 Å². The number of sulfonamides is 1. The maximum absolute atomic E-state index is 14.8. The third kappa shape index (κ3) is 9.94. The Hall–Kier alpha value is -3.62. The predicted molar refractivity (Wildman–Crippen MR) is 172 cm³/mol. The average Bonchev–Trinajstić information content (AvgIpc) is 3.34. The normalized spacial score (nSPS) is 14.4. The van der Waals surface area contributed by atoms with E-state index < -0.39 is 45.8 Å². The summed E-state index contributed by atoms with van der Waals surface area (Å²) in [6.45, 7) is 3.37. The van der Waals surface area contributed by atoms with Crippen molar-refractivity contribution in [1.29, 1.82) is 0 Å². The number of aliphatic hydroxyl groups is 1. The van der Waals surface area contributed by atoms with Crippen LogP contribution in [0.25, 0.3) is 10.1 Å². The minimum Gasteiger partial charge on any atom is -0.489 e. The highest BCUT2D eigenvalue weighted by Gasteiger charge is 2.31. The van der Waals surface area contributed by atoms with E-state index in [4.69, 9.17) is 9.47 Å². The van der Waals surface area contributed by atoms with Gasteiger partial charge in [-0.15, -0.1) is 11.3 Å². The zero-order valence-corrected chi connectivity index (χ0v) is 27.4. The quantitative estimate of drug-likeness (QED) is 0.152. The zero-order valence-electron chi connectivity index (χ0n) is 25.8. The number of methoxy groups -OCH3 is 1. The van der Waals surface area contributed by atoms with Crippen molar-refractivity contribution in [3.63, 3.8) is 0 Å². The lowest BCUT2D eigenvalue weighted by atomic mass is 10.0. The molecule has 0 bridgehead atoms. The number of ether oxygens (including phenoxy) is 2. The number of likely N-dealkylation sites (tertiary alicyclic amines) is 1. The Labute approximate surface area is 274 Å². The number of benzene rings is 2. The monoisotopic (exact) mass is 700 g/mol. The molecule has 0 saturated carbocycles. The third-order valence-electron chi connectivity index (χ3n) is 7.27. The molecule has 2 aromatic carbocycles. The number of piperidine rings is 1. The van der Waals surface area contributed by atoms with Gasteiger partial charge in [0.05, 0.1) is 47.1 Å². The van der Waals surface area contributed by atoms with Crippen LogP contribution < -0.4 is 20.1 Å². The fourth-order valence-corrected chi connectivity index (χ4v) is 7.40. The van der Waals surface area contributed by atoms with Crippen LogP contribution in [0.4, 0.5) is 28.9 Å². The Morgan fingerprint density at radius 1 is 1.17 bits per heavy atom. The molecule has 1 aliphatic heterocycles. The molecule has 16 heteroatoms. The summed E-state index contributed by atoms with van der Waals surface area (Å²) in [5.41, 5.74) is 0.792. The second-order valence-electron chi connectivity index (χ2n) is 10.8. The summed E-state index contributed by atoms with van der Waals surface area (Å²) in [6.07, 6.45) is -3.88. The highest BCUT2D eigenvalue weighted by Crippen LogP contribution is 2.39. The minimum atomic E-state index is -4.54. The number of nitrogens with one attached hydrogen (secondary N) is 3. The Bertz CT molecular complexity index is 1730. The smallest absolute Gasteiger partial charge is 0.393 e. The highest BCUT2D eigenvalue weighted by atomic mass is 32.2. The lowest BCUT2D eigenvalue weighted by molar-refractivity contribution is -0.127. The maximum Gasteiger partial charge on any atom is 0.393 e. The summed E-state index contributed by atoms with van der Waals surface area (Å²) >= 11 is 1.16. The number of carbonyl (C=O) groups excluding carboxylic acids is 1. The lowest BCUT2D eigenvalue weighted by Gasteiger charge is -2.32. The first kappa shape index (κ1) is 36.2. The Morgan fingerprint density at radius 3 is 2.57 bits per heavy atom. The van der Waals surface area contributed by atoms with Crippen molar-refractivity contribution < 1.29 is 45.4 Å². The van der Waals surface area contributed by atoms with E-state index in [1.165, 1.54) is 0 Å². The summed E-state index contributed by atoms with van der Waals surface area (Å²) in [7, 11) is -2.88. The Morgan fingerprint density at radius 2 is 1.91 bits per heavy atom. The van der Waals surface area contributed by atoms with Gasteiger partial charge < -0.3 is 30.1 Å². The van der Waals surface area contributed by atoms with E-state index in [1.54, 1.807) is 24.0 Å². The average molecular weight is 701 g/mol. The molecule has 0 radical (unpaired) electrons. The minimum absolute atomic E-state index is 0.0152. The molecule has 4 rings (SSSR count). The number of rotatable bonds is 13. The number of thiophene rings is 1. The first-order chi connectivity index (χ1) is 22.3. The summed E-state index contributed by atoms with van der Waals surface area (Å²) in [6, 6.07) is 7.08. The standard InChI is InChI=1S/C31H36F4N4O6S2/c1-20(41)38-47(42,43)29-18-27(45-16-14-40)26(17-24(29)32)36-10-4-7-28-23(19-31(33,34)35)22-5-3-6-25(30(22)46-28)37-21-8-11-39(12-9-21)13-15-44-2/h3,5-6,17-18,21,36-37,40H,8-16,19H2,1-2H3,(H,38,41). The maximum atomic E-state index is 14.8. The van der Waals surface area contributed by atoms with Crippen molar-refractivity contribution in [1.82, 2.24) is 9.62 Å². The van der Waals surface area contributed by atoms with E-state index in [0.717, 1.165) is 68.6 Å². The molecule has 1 amide bonds. The molecule has 2 heterocycles. The van der Waals surface area contributed by atoms with Crippen molar-refractivity contribution in [2.75, 3.05) is 63.7 Å². The molecule has 1 saturated heterocycles. The van der Waals surface area contributed by atoms with Gasteiger partial charge in [0.2, 0.25) is 5.91 Å². The number of hydrogen-bond acceptors (Lipinski definition) is 10. The molecular formula is C31H36F4N4O6S2. The van der Waals surface area contributed by atoms with Gasteiger partial charge in [0.25, 0.3) is 10.0 Å². The third-order valence-corrected chi connectivity index (χ3v) is 9.92. The number of amides is 1. The van der Waals surface area contributed by atoms with Crippen LogP contribution >= 0.6 is 11.3 Å². The van der Waals surface area contributed by atoms with E-state index in [-0.39, 0.29) is 41.1 Å². The molecule has 4 N–H and O–H groups in total. The number of halogens is 4. The molecule has 0 aliphatic carbocycles. The van der Waals surface area contributed by atoms with Crippen LogP contribution in [0.3, 0.4) is 0 Å². The SMILES string of the molecule is COCCN1CCC(Nc2cccc3c(CC(F)(F)F)c(C#CCNc4cc(F)c(S(=O)(=O)NC(C)=O)cc4OCCO)sc23)CC1. The molecule has 1 aliphatic rings. The van der Waals surface area contributed by atoms with Gasteiger partial charge >= 0.3 is 6.18 Å². The van der Waals surface area contributed by atoms with Crippen LogP contribution in [-0.4, -0.2) is 89.7 Å². The van der Waals surface area contributed by atoms with Gasteiger partial charge in [0.1, 0.15) is 23.1 Å². The van der Waals surface area contributed by atoms with Crippen LogP contribution in [0.2, 0.25) is 0 Å². The second-order valence-corrected chi connectivity index (χ2v) is 13.5. The molecule has 0 spiro atoms. The largest absolute Gasteiger partial charge is 0.489 e. The summed E-state index contributed by atoms with van der Waals surface area (Å²) < 4.78 is 93.6. The van der Waals surface area contributed by atoms with Gasteiger partial charge in [-0.1, -0.05) is 24.0 Å². The van der Waals surface area contributed by atoms with E-state index in [2.05, 4.69) is 27.4 Å². The van der Waals surface area contributed by atoms with Crippen LogP contribution in [0.15, 0.2) is 35.2 Å². The van der Waals surface area contributed by atoms with E-state index >= 15 is 0 Å². The molecule has 256 valence electrons. The molecule has 3 aromatic rings. The zero-order chi connectivity index (χ0) is 34.2. The number of alkyl halides is 3. The van der Waals surface area contributed by atoms with Crippen LogP contribution in [0.1, 0.15) is 30.2 Å². The van der Waals surface area contributed by atoms with Crippen molar-refractivity contribution >= 4 is 48.7 Å². The molecule has 47 heavy (non-hydrogen) atoms. The van der Waals surface area contributed by atoms with Gasteiger partial charge in [0.15, 0.2) is 0 Å². The topological polar surface area (TPSA) is 129 Å². The highest BCUT2D eigenvalue weighted by molar-refractivity contribution is 7.90. The fraction of sp³-hybridized carbons (Fsp3) is 0.452. The van der Waals surface area contributed by atoms with Crippen molar-refractivity contribution in [2.45, 2.75) is 43.3 Å². The van der Waals surface area contributed by atoms with Crippen LogP contribution in [0, 0.1) is 17.7 Å². The number of aliphatic hydroxyl groups excluding tert-OH is 1. The summed E-state index contributed by atoms with van der Waals surface area (Å²) in [5.74, 6) is 3.34. The lowest BCUT2D eigenvalue weighted by Crippen LogP contribution is -2.40. The van der Waals surface area contributed by atoms with E-state index in [0.29, 0.717) is 16.7 Å². The van der Waals surface area contributed by atoms with E-state index in [1.807, 2.05) is 6.07 Å². The van der Waals surface area contributed by atoms with Crippen molar-refractivity contribution in [3.8, 4) is 17.6 Å². The molecule has 10 nitrogen and oxygen atoms in total. The molecule has 0 unspecified atom stereocenters. The van der Waals surface area contributed by atoms with Gasteiger partial charge in [0, 0.05) is 51.8 Å². The number of nitrogens with zero attached hydrogens (tertiary/aromatic N) is 1. The number of hydrogen-bond donors (Lipinski definition) is 4. The molecule has 0 atom stereocenters. The predicted octanol–water partition coefficient (Wildman–Crippen LogP) is 4.33. The van der Waals surface area contributed by atoms with Gasteiger partial charge in [-0.05, 0) is 29.9 Å². The fourth-order valence-electron chi connectivity index (χ4n) is 5.16. The number of fused-ring (bicyclic) bond motifs is 1.